The van der Waals surface area contributed by atoms with Gasteiger partial charge in [0.2, 0.25) is 5.82 Å². The molecule has 0 aromatic carbocycles. The summed E-state index contributed by atoms with van der Waals surface area (Å²) in [6.45, 7) is 3.61. The predicted octanol–water partition coefficient (Wildman–Crippen LogP) is 1.39. The lowest BCUT2D eigenvalue weighted by molar-refractivity contribution is 0.000916. The monoisotopic (exact) mass is 234 g/mol. The van der Waals surface area contributed by atoms with E-state index in [-0.39, 0.29) is 11.8 Å². The number of hydrogen-bond donors (Lipinski definition) is 2. The largest absolute Gasteiger partial charge is 0.380 e. The van der Waals surface area contributed by atoms with Gasteiger partial charge >= 0.3 is 0 Å². The summed E-state index contributed by atoms with van der Waals surface area (Å²) in [5.41, 5.74) is 0.665. The number of aromatic amines is 1. The van der Waals surface area contributed by atoms with Gasteiger partial charge < -0.3 is 9.63 Å². The van der Waals surface area contributed by atoms with E-state index in [1.165, 1.54) is 0 Å². The lowest BCUT2D eigenvalue weighted by Crippen LogP contribution is -2.24. The first-order valence-corrected chi connectivity index (χ1v) is 5.66. The number of H-pyrrole nitrogens is 1. The summed E-state index contributed by atoms with van der Waals surface area (Å²) in [5.74, 6) is 0.990. The average Bonchev–Trinajstić information content (AvgIpc) is 2.89. The molecule has 1 aliphatic rings. The van der Waals surface area contributed by atoms with Crippen molar-refractivity contribution in [3.8, 4) is 11.4 Å². The van der Waals surface area contributed by atoms with Crippen LogP contribution in [0.3, 0.4) is 0 Å². The Morgan fingerprint density at radius 2 is 2.29 bits per heavy atom. The molecule has 0 bridgehead atoms. The van der Waals surface area contributed by atoms with E-state index in [0.29, 0.717) is 5.82 Å². The van der Waals surface area contributed by atoms with E-state index in [1.807, 2.05) is 6.92 Å². The Kier molecular flexibility index (Phi) is 2.09. The smallest absolute Gasteiger partial charge is 0.258 e. The van der Waals surface area contributed by atoms with Crippen LogP contribution in [0.4, 0.5) is 0 Å². The quantitative estimate of drug-likeness (QED) is 0.837. The van der Waals surface area contributed by atoms with E-state index in [1.54, 1.807) is 13.1 Å². The van der Waals surface area contributed by atoms with Crippen molar-refractivity contribution >= 4 is 0 Å². The maximum Gasteiger partial charge on any atom is 0.258 e. The zero-order valence-electron chi connectivity index (χ0n) is 9.77. The highest BCUT2D eigenvalue weighted by Gasteiger charge is 2.45. The molecule has 0 radical (unpaired) electrons. The number of aryl methyl sites for hydroxylation is 1. The summed E-state index contributed by atoms with van der Waals surface area (Å²) in [6.07, 6.45) is 3.67. The highest BCUT2D eigenvalue weighted by atomic mass is 16.5. The fraction of sp³-hybridized carbons (Fsp3) is 0.545. The molecule has 2 aromatic heterocycles. The zero-order valence-corrected chi connectivity index (χ0v) is 9.77. The van der Waals surface area contributed by atoms with Gasteiger partial charge in [0.1, 0.15) is 5.60 Å². The van der Waals surface area contributed by atoms with E-state index in [9.17, 15) is 5.11 Å². The van der Waals surface area contributed by atoms with Crippen molar-refractivity contribution in [1.82, 2.24) is 20.3 Å². The molecule has 6 nitrogen and oxygen atoms in total. The Hall–Kier alpha value is -1.69. The third-order valence-corrected chi connectivity index (χ3v) is 3.30. The van der Waals surface area contributed by atoms with E-state index in [2.05, 4.69) is 20.3 Å². The molecule has 2 N–H and O–H groups in total. The first kappa shape index (κ1) is 10.5. The molecule has 1 aliphatic carbocycles. The van der Waals surface area contributed by atoms with Crippen LogP contribution in [0.1, 0.15) is 31.4 Å². The van der Waals surface area contributed by atoms with Gasteiger partial charge in [-0.15, -0.1) is 0 Å². The molecule has 17 heavy (non-hydrogen) atoms. The van der Waals surface area contributed by atoms with Crippen molar-refractivity contribution in [2.24, 2.45) is 5.92 Å². The van der Waals surface area contributed by atoms with Gasteiger partial charge in [0.25, 0.3) is 5.89 Å². The minimum atomic E-state index is -1.01. The second kappa shape index (κ2) is 3.40. The summed E-state index contributed by atoms with van der Waals surface area (Å²) >= 11 is 0. The van der Waals surface area contributed by atoms with Crippen molar-refractivity contribution in [1.29, 1.82) is 0 Å². The molecule has 2 heterocycles. The van der Waals surface area contributed by atoms with Crippen LogP contribution in [0.2, 0.25) is 0 Å². The lowest BCUT2D eigenvalue weighted by Gasteiger charge is -2.16. The first-order chi connectivity index (χ1) is 8.09. The number of aliphatic hydroxyl groups is 1. The van der Waals surface area contributed by atoms with Gasteiger partial charge in [-0.25, -0.2) is 0 Å². The van der Waals surface area contributed by atoms with Crippen molar-refractivity contribution in [2.75, 3.05) is 0 Å². The molecule has 1 saturated carbocycles. The summed E-state index contributed by atoms with van der Waals surface area (Å²) in [4.78, 5) is 4.26. The maximum absolute atomic E-state index is 10.3. The zero-order chi connectivity index (χ0) is 12.0. The Morgan fingerprint density at radius 3 is 2.88 bits per heavy atom. The van der Waals surface area contributed by atoms with E-state index in [0.717, 1.165) is 24.1 Å². The molecular formula is C11H14N4O2. The molecule has 3 rings (SSSR count). The molecule has 0 saturated heterocycles. The van der Waals surface area contributed by atoms with Crippen LogP contribution in [0.5, 0.6) is 0 Å². The average molecular weight is 234 g/mol. The number of aromatic nitrogens is 4. The summed E-state index contributed by atoms with van der Waals surface area (Å²) < 4.78 is 5.16. The lowest BCUT2D eigenvalue weighted by atomic mass is 10.0. The molecule has 0 amide bonds. The summed E-state index contributed by atoms with van der Waals surface area (Å²) in [6, 6.07) is 0. The van der Waals surface area contributed by atoms with Gasteiger partial charge in [0, 0.05) is 5.69 Å². The van der Waals surface area contributed by atoms with Crippen LogP contribution >= 0.6 is 0 Å². The number of nitrogens with one attached hydrogen (secondary N) is 1. The third kappa shape index (κ3) is 1.64. The van der Waals surface area contributed by atoms with Gasteiger partial charge in [0.15, 0.2) is 0 Å². The molecule has 2 aromatic rings. The van der Waals surface area contributed by atoms with Crippen LogP contribution in [0, 0.1) is 12.8 Å². The van der Waals surface area contributed by atoms with Gasteiger partial charge in [-0.2, -0.15) is 10.1 Å². The normalized spacial score (nSPS) is 19.2. The van der Waals surface area contributed by atoms with Crippen molar-refractivity contribution in [3.05, 3.63) is 17.8 Å². The van der Waals surface area contributed by atoms with E-state index < -0.39 is 5.60 Å². The Labute approximate surface area is 98.0 Å². The SMILES string of the molecule is Cc1[nH]ncc1-c1noc(C(C)(O)C2CC2)n1. The Bertz CT molecular complexity index is 539. The molecule has 1 unspecified atom stereocenters. The van der Waals surface area contributed by atoms with Crippen molar-refractivity contribution in [2.45, 2.75) is 32.3 Å². The Balaban J connectivity index is 1.95. The van der Waals surface area contributed by atoms with E-state index >= 15 is 0 Å². The minimum Gasteiger partial charge on any atom is -0.380 e. The molecule has 0 aliphatic heterocycles. The fourth-order valence-corrected chi connectivity index (χ4v) is 1.93. The second-order valence-electron chi connectivity index (χ2n) is 4.75. The van der Waals surface area contributed by atoms with Crippen LogP contribution < -0.4 is 0 Å². The van der Waals surface area contributed by atoms with Crippen molar-refractivity contribution in [3.63, 3.8) is 0 Å². The Morgan fingerprint density at radius 1 is 1.53 bits per heavy atom. The van der Waals surface area contributed by atoms with Gasteiger partial charge in [-0.3, -0.25) is 5.10 Å². The van der Waals surface area contributed by atoms with Gasteiger partial charge in [0.05, 0.1) is 11.8 Å². The minimum absolute atomic E-state index is 0.237. The highest BCUT2D eigenvalue weighted by molar-refractivity contribution is 5.55. The maximum atomic E-state index is 10.3. The molecule has 1 atom stereocenters. The standard InChI is InChI=1S/C11H14N4O2/c1-6-8(5-12-14-6)9-13-10(17-15-9)11(2,16)7-3-4-7/h5,7,16H,3-4H2,1-2H3,(H,12,14). The van der Waals surface area contributed by atoms with Gasteiger partial charge in [-0.05, 0) is 32.6 Å². The molecule has 1 fully saturated rings. The fourth-order valence-electron chi connectivity index (χ4n) is 1.93. The van der Waals surface area contributed by atoms with Crippen LogP contribution in [-0.2, 0) is 5.60 Å². The third-order valence-electron chi connectivity index (χ3n) is 3.30. The molecule has 0 spiro atoms. The number of nitrogens with zero attached hydrogens (tertiary/aromatic N) is 3. The van der Waals surface area contributed by atoms with Crippen molar-refractivity contribution < 1.29 is 9.63 Å². The highest BCUT2D eigenvalue weighted by Crippen LogP contribution is 2.45. The predicted molar refractivity (Wildman–Crippen MR) is 58.9 cm³/mol. The molecule has 6 heteroatoms. The van der Waals surface area contributed by atoms with E-state index in [4.69, 9.17) is 4.52 Å². The van der Waals surface area contributed by atoms with Crippen LogP contribution in [-0.4, -0.2) is 25.4 Å². The number of hydrogen-bond acceptors (Lipinski definition) is 5. The topological polar surface area (TPSA) is 87.8 Å². The molecular weight excluding hydrogens is 220 g/mol. The van der Waals surface area contributed by atoms with Crippen LogP contribution in [0.25, 0.3) is 11.4 Å². The number of rotatable bonds is 3. The van der Waals surface area contributed by atoms with Crippen LogP contribution in [0.15, 0.2) is 10.7 Å². The second-order valence-corrected chi connectivity index (χ2v) is 4.75. The molecule has 90 valence electrons. The van der Waals surface area contributed by atoms with Gasteiger partial charge in [-0.1, -0.05) is 5.16 Å². The summed E-state index contributed by atoms with van der Waals surface area (Å²) in [5, 5.41) is 20.9. The summed E-state index contributed by atoms with van der Waals surface area (Å²) in [7, 11) is 0. The first-order valence-electron chi connectivity index (χ1n) is 5.66.